The van der Waals surface area contributed by atoms with Crippen molar-refractivity contribution in [2.45, 2.75) is 19.3 Å². The fourth-order valence-corrected chi connectivity index (χ4v) is 2.99. The van der Waals surface area contributed by atoms with E-state index in [1.807, 2.05) is 24.0 Å². The lowest BCUT2D eigenvalue weighted by Crippen LogP contribution is -2.30. The zero-order valence-corrected chi connectivity index (χ0v) is 9.87. The first-order chi connectivity index (χ1) is 7.78. The van der Waals surface area contributed by atoms with Crippen molar-refractivity contribution in [3.8, 4) is 0 Å². The van der Waals surface area contributed by atoms with Gasteiger partial charge in [-0.25, -0.2) is 0 Å². The zero-order valence-electron chi connectivity index (χ0n) is 9.87. The molecule has 1 spiro atoms. The Labute approximate surface area is 96.4 Å². The van der Waals surface area contributed by atoms with Crippen LogP contribution in [0, 0.1) is 11.3 Å². The van der Waals surface area contributed by atoms with Crippen LogP contribution in [0.5, 0.6) is 0 Å². The molecule has 1 aliphatic heterocycles. The standard InChI is InChI=1S/C12H20N4/c1-16-7-2-11(15-16)14-9-10-8-12(10)3-5-13-6-4-12/h2,7,10,13H,3-6,8-9H2,1H3,(H,14,15). The van der Waals surface area contributed by atoms with Gasteiger partial charge in [-0.2, -0.15) is 5.10 Å². The van der Waals surface area contributed by atoms with Crippen molar-refractivity contribution in [1.29, 1.82) is 0 Å². The Balaban J connectivity index is 1.50. The number of nitrogens with zero attached hydrogens (tertiary/aromatic N) is 2. The Bertz CT molecular complexity index is 365. The van der Waals surface area contributed by atoms with Gasteiger partial charge in [0.2, 0.25) is 0 Å². The molecule has 88 valence electrons. The number of hydrogen-bond donors (Lipinski definition) is 2. The fraction of sp³-hybridized carbons (Fsp3) is 0.750. The molecular weight excluding hydrogens is 200 g/mol. The minimum atomic E-state index is 0.674. The molecule has 0 aromatic carbocycles. The predicted octanol–water partition coefficient (Wildman–Crippen LogP) is 1.22. The van der Waals surface area contributed by atoms with Crippen LogP contribution in [0.1, 0.15) is 19.3 Å². The van der Waals surface area contributed by atoms with Gasteiger partial charge in [0.1, 0.15) is 5.82 Å². The van der Waals surface area contributed by atoms with Gasteiger partial charge >= 0.3 is 0 Å². The zero-order chi connectivity index (χ0) is 11.0. The van der Waals surface area contributed by atoms with E-state index in [2.05, 4.69) is 15.7 Å². The van der Waals surface area contributed by atoms with Gasteiger partial charge in [0.15, 0.2) is 0 Å². The monoisotopic (exact) mass is 220 g/mol. The average molecular weight is 220 g/mol. The highest BCUT2D eigenvalue weighted by Gasteiger charge is 2.53. The van der Waals surface area contributed by atoms with Crippen molar-refractivity contribution in [2.24, 2.45) is 18.4 Å². The maximum atomic E-state index is 4.34. The molecule has 2 fully saturated rings. The number of piperidine rings is 1. The highest BCUT2D eigenvalue weighted by atomic mass is 15.3. The number of hydrogen-bond acceptors (Lipinski definition) is 3. The summed E-state index contributed by atoms with van der Waals surface area (Å²) in [4.78, 5) is 0. The summed E-state index contributed by atoms with van der Waals surface area (Å²) in [6, 6.07) is 2.04. The molecule has 1 unspecified atom stereocenters. The van der Waals surface area contributed by atoms with Gasteiger partial charge in [-0.3, -0.25) is 4.68 Å². The maximum absolute atomic E-state index is 4.34. The second-order valence-corrected chi connectivity index (χ2v) is 5.27. The minimum Gasteiger partial charge on any atom is -0.368 e. The van der Waals surface area contributed by atoms with Gasteiger partial charge in [-0.15, -0.1) is 0 Å². The summed E-state index contributed by atoms with van der Waals surface area (Å²) in [7, 11) is 1.95. The maximum Gasteiger partial charge on any atom is 0.147 e. The molecule has 3 rings (SSSR count). The molecule has 0 amide bonds. The van der Waals surface area contributed by atoms with E-state index in [0.29, 0.717) is 5.41 Å². The third-order valence-electron chi connectivity index (χ3n) is 4.20. The van der Waals surface area contributed by atoms with Crippen molar-refractivity contribution >= 4 is 5.82 Å². The second-order valence-electron chi connectivity index (χ2n) is 5.27. The smallest absolute Gasteiger partial charge is 0.147 e. The van der Waals surface area contributed by atoms with Crippen LogP contribution in [0.4, 0.5) is 5.82 Å². The van der Waals surface area contributed by atoms with Crippen molar-refractivity contribution < 1.29 is 0 Å². The van der Waals surface area contributed by atoms with Crippen LogP contribution < -0.4 is 10.6 Å². The molecule has 2 N–H and O–H groups in total. The molecule has 1 atom stereocenters. The Morgan fingerprint density at radius 3 is 3.06 bits per heavy atom. The van der Waals surface area contributed by atoms with E-state index in [1.165, 1.54) is 32.4 Å². The third-order valence-corrected chi connectivity index (χ3v) is 4.20. The number of nitrogens with one attached hydrogen (secondary N) is 2. The highest BCUT2D eigenvalue weighted by Crippen LogP contribution is 2.58. The molecule has 16 heavy (non-hydrogen) atoms. The molecule has 0 bridgehead atoms. The molecule has 4 heteroatoms. The predicted molar refractivity (Wildman–Crippen MR) is 64.3 cm³/mol. The van der Waals surface area contributed by atoms with Gasteiger partial charge in [-0.05, 0) is 43.7 Å². The van der Waals surface area contributed by atoms with Gasteiger partial charge in [0.25, 0.3) is 0 Å². The first kappa shape index (κ1) is 10.1. The summed E-state index contributed by atoms with van der Waals surface area (Å²) < 4.78 is 1.84. The number of aromatic nitrogens is 2. The summed E-state index contributed by atoms with van der Waals surface area (Å²) in [5.74, 6) is 1.88. The van der Waals surface area contributed by atoms with E-state index in [0.717, 1.165) is 18.3 Å². The Morgan fingerprint density at radius 1 is 1.56 bits per heavy atom. The van der Waals surface area contributed by atoms with E-state index in [-0.39, 0.29) is 0 Å². The fourth-order valence-electron chi connectivity index (χ4n) is 2.99. The molecule has 1 saturated carbocycles. The van der Waals surface area contributed by atoms with Crippen molar-refractivity contribution in [1.82, 2.24) is 15.1 Å². The van der Waals surface area contributed by atoms with Crippen molar-refractivity contribution in [3.63, 3.8) is 0 Å². The number of aryl methyl sites for hydroxylation is 1. The van der Waals surface area contributed by atoms with Gasteiger partial charge in [-0.1, -0.05) is 0 Å². The molecule has 1 aromatic heterocycles. The van der Waals surface area contributed by atoms with E-state index >= 15 is 0 Å². The lowest BCUT2D eigenvalue weighted by Gasteiger charge is -2.23. The summed E-state index contributed by atoms with van der Waals surface area (Å²) in [6.45, 7) is 3.51. The Hall–Kier alpha value is -1.03. The molecule has 0 radical (unpaired) electrons. The first-order valence-corrected chi connectivity index (χ1v) is 6.23. The summed E-state index contributed by atoms with van der Waals surface area (Å²) in [6.07, 6.45) is 6.12. The molecular formula is C12H20N4. The SMILES string of the molecule is Cn1ccc(NCC2CC23CCNCC3)n1. The van der Waals surface area contributed by atoms with Crippen LogP contribution in [0.3, 0.4) is 0 Å². The number of anilines is 1. The minimum absolute atomic E-state index is 0.674. The van der Waals surface area contributed by atoms with Crippen LogP contribution in [-0.2, 0) is 7.05 Å². The van der Waals surface area contributed by atoms with E-state index in [9.17, 15) is 0 Å². The molecule has 2 heterocycles. The summed E-state index contributed by atoms with van der Waals surface area (Å²) >= 11 is 0. The number of rotatable bonds is 3. The second kappa shape index (κ2) is 3.77. The first-order valence-electron chi connectivity index (χ1n) is 6.23. The topological polar surface area (TPSA) is 41.9 Å². The van der Waals surface area contributed by atoms with Crippen molar-refractivity contribution in [3.05, 3.63) is 12.3 Å². The van der Waals surface area contributed by atoms with Crippen LogP contribution in [-0.4, -0.2) is 29.4 Å². The van der Waals surface area contributed by atoms with E-state index in [1.54, 1.807) is 0 Å². The molecule has 1 saturated heterocycles. The molecule has 1 aromatic rings. The molecule has 4 nitrogen and oxygen atoms in total. The highest BCUT2D eigenvalue weighted by molar-refractivity contribution is 5.32. The largest absolute Gasteiger partial charge is 0.368 e. The lowest BCUT2D eigenvalue weighted by molar-refractivity contribution is 0.326. The van der Waals surface area contributed by atoms with Crippen LogP contribution in [0.25, 0.3) is 0 Å². The Morgan fingerprint density at radius 2 is 2.38 bits per heavy atom. The quantitative estimate of drug-likeness (QED) is 0.805. The van der Waals surface area contributed by atoms with E-state index in [4.69, 9.17) is 0 Å². The van der Waals surface area contributed by atoms with Gasteiger partial charge in [0, 0.05) is 25.9 Å². The normalized spacial score (nSPS) is 26.9. The van der Waals surface area contributed by atoms with Crippen LogP contribution in [0.2, 0.25) is 0 Å². The summed E-state index contributed by atoms with van der Waals surface area (Å²) in [5, 5.41) is 11.2. The van der Waals surface area contributed by atoms with Crippen LogP contribution in [0.15, 0.2) is 12.3 Å². The van der Waals surface area contributed by atoms with Gasteiger partial charge < -0.3 is 10.6 Å². The van der Waals surface area contributed by atoms with Gasteiger partial charge in [0.05, 0.1) is 0 Å². The van der Waals surface area contributed by atoms with Crippen LogP contribution >= 0.6 is 0 Å². The average Bonchev–Trinajstić information content (AvgIpc) is 2.77. The van der Waals surface area contributed by atoms with E-state index < -0.39 is 0 Å². The summed E-state index contributed by atoms with van der Waals surface area (Å²) in [5.41, 5.74) is 0.674. The molecule has 1 aliphatic carbocycles. The lowest BCUT2D eigenvalue weighted by atomic mass is 9.92. The third kappa shape index (κ3) is 1.82. The van der Waals surface area contributed by atoms with Crippen molar-refractivity contribution in [2.75, 3.05) is 25.0 Å². The molecule has 2 aliphatic rings. The Kier molecular flexibility index (Phi) is 2.39.